The molecule has 0 saturated heterocycles. The van der Waals surface area contributed by atoms with E-state index in [2.05, 4.69) is 119 Å². The predicted molar refractivity (Wildman–Crippen MR) is 197 cm³/mol. The molecule has 0 saturated carbocycles. The van der Waals surface area contributed by atoms with Crippen molar-refractivity contribution in [1.82, 2.24) is 14.7 Å². The lowest BCUT2D eigenvalue weighted by atomic mass is 9.95. The van der Waals surface area contributed by atoms with E-state index in [0.717, 1.165) is 36.3 Å². The number of hydrogen-bond donors (Lipinski definition) is 0. The highest BCUT2D eigenvalue weighted by Crippen LogP contribution is 2.33. The van der Waals surface area contributed by atoms with E-state index in [1.165, 1.54) is 33.4 Å². The van der Waals surface area contributed by atoms with Crippen LogP contribution in [0.25, 0.3) is 0 Å². The molecule has 3 aliphatic heterocycles. The van der Waals surface area contributed by atoms with E-state index in [4.69, 9.17) is 0 Å². The molecule has 0 aromatic heterocycles. The lowest BCUT2D eigenvalue weighted by Crippen LogP contribution is -2.31. The average molecular weight is 652 g/mol. The van der Waals surface area contributed by atoms with Crippen molar-refractivity contribution in [2.24, 2.45) is 0 Å². The summed E-state index contributed by atoms with van der Waals surface area (Å²) in [7, 11) is 0. The molecule has 0 spiro atoms. The topological polar surface area (TPSA) is 60.9 Å². The average Bonchev–Trinajstić information content (AvgIpc) is 3.68. The van der Waals surface area contributed by atoms with Crippen molar-refractivity contribution in [1.29, 1.82) is 0 Å². The van der Waals surface area contributed by atoms with Gasteiger partial charge in [-0.15, -0.1) is 0 Å². The van der Waals surface area contributed by atoms with Crippen LogP contribution in [0.2, 0.25) is 0 Å². The van der Waals surface area contributed by atoms with Crippen LogP contribution in [-0.4, -0.2) is 50.5 Å². The number of carbonyl (C=O) groups excluding carboxylic acids is 3. The number of amides is 3. The van der Waals surface area contributed by atoms with Crippen LogP contribution >= 0.6 is 0 Å². The van der Waals surface area contributed by atoms with Gasteiger partial charge in [-0.05, 0) is 105 Å². The summed E-state index contributed by atoms with van der Waals surface area (Å²) in [5.74, 6) is 1.98. The Bertz CT molecular complexity index is 1640. The van der Waals surface area contributed by atoms with Gasteiger partial charge >= 0.3 is 0 Å². The quantitative estimate of drug-likeness (QED) is 0.267. The normalized spacial score (nSPS) is 15.1. The van der Waals surface area contributed by atoms with Gasteiger partial charge in [0.2, 0.25) is 0 Å². The van der Waals surface area contributed by atoms with Crippen LogP contribution in [0.4, 0.5) is 0 Å². The molecule has 0 radical (unpaired) electrons. The van der Waals surface area contributed by atoms with Crippen LogP contribution in [0.15, 0.2) is 54.6 Å². The molecule has 6 nitrogen and oxygen atoms in total. The summed E-state index contributed by atoms with van der Waals surface area (Å²) in [6.07, 6.45) is 0. The molecule has 6 heteroatoms. The van der Waals surface area contributed by atoms with Gasteiger partial charge in [0.05, 0.1) is 0 Å². The third-order valence-corrected chi connectivity index (χ3v) is 9.77. The minimum Gasteiger partial charge on any atom is -0.332 e. The van der Waals surface area contributed by atoms with Crippen molar-refractivity contribution in [2.75, 3.05) is 0 Å². The smallest absolute Gasteiger partial charge is 0.255 e. The Hall–Kier alpha value is -3.93. The fourth-order valence-electron chi connectivity index (χ4n) is 6.79. The van der Waals surface area contributed by atoms with Crippen LogP contribution in [0, 0.1) is 0 Å². The summed E-state index contributed by atoms with van der Waals surface area (Å²) < 4.78 is 0. The van der Waals surface area contributed by atoms with Gasteiger partial charge in [0, 0.05) is 54.5 Å². The summed E-state index contributed by atoms with van der Waals surface area (Å²) in [5.41, 5.74) is 10.2. The van der Waals surface area contributed by atoms with Crippen LogP contribution < -0.4 is 0 Å². The number of nitrogens with zero attached hydrogens (tertiary/aromatic N) is 3. The predicted octanol–water partition coefficient (Wildman–Crippen LogP) is 9.52. The Balaban J connectivity index is 0.000000163. The molecule has 0 aliphatic carbocycles. The molecule has 0 bridgehead atoms. The van der Waals surface area contributed by atoms with Crippen molar-refractivity contribution in [3.05, 3.63) is 105 Å². The Morgan fingerprint density at radius 2 is 0.979 bits per heavy atom. The van der Waals surface area contributed by atoms with Gasteiger partial charge in [0.1, 0.15) is 0 Å². The zero-order chi connectivity index (χ0) is 35.6. The lowest BCUT2D eigenvalue weighted by Gasteiger charge is -2.20. The van der Waals surface area contributed by atoms with Crippen LogP contribution in [0.1, 0.15) is 165 Å². The van der Waals surface area contributed by atoms with Gasteiger partial charge in [0.25, 0.3) is 17.7 Å². The van der Waals surface area contributed by atoms with E-state index in [-0.39, 0.29) is 35.8 Å². The van der Waals surface area contributed by atoms with Gasteiger partial charge in [-0.1, -0.05) is 84.0 Å². The lowest BCUT2D eigenvalue weighted by molar-refractivity contribution is 0.0721. The molecule has 3 aliphatic rings. The van der Waals surface area contributed by atoms with E-state index in [0.29, 0.717) is 17.8 Å². The molecule has 3 aromatic carbocycles. The Kier molecular flexibility index (Phi) is 11.6. The first kappa shape index (κ1) is 36.9. The third-order valence-electron chi connectivity index (χ3n) is 9.77. The Morgan fingerprint density at radius 1 is 0.479 bits per heavy atom. The maximum atomic E-state index is 12.3. The summed E-state index contributed by atoms with van der Waals surface area (Å²) in [4.78, 5) is 42.3. The van der Waals surface area contributed by atoms with Gasteiger partial charge in [-0.2, -0.15) is 0 Å². The summed E-state index contributed by atoms with van der Waals surface area (Å²) in [6.45, 7) is 27.7. The molecule has 0 atom stereocenters. The molecule has 3 aromatic rings. The number of fused-ring (bicyclic) bond motifs is 3. The van der Waals surface area contributed by atoms with Gasteiger partial charge in [-0.25, -0.2) is 0 Å². The maximum Gasteiger partial charge on any atom is 0.255 e. The number of benzene rings is 3. The van der Waals surface area contributed by atoms with Crippen molar-refractivity contribution >= 4 is 17.7 Å². The van der Waals surface area contributed by atoms with Crippen LogP contribution in [-0.2, 0) is 19.6 Å². The summed E-state index contributed by atoms with van der Waals surface area (Å²) >= 11 is 0. The second kappa shape index (κ2) is 15.1. The minimum atomic E-state index is 0.181. The van der Waals surface area contributed by atoms with Crippen molar-refractivity contribution in [2.45, 2.75) is 139 Å². The number of rotatable bonds is 6. The van der Waals surface area contributed by atoms with Crippen molar-refractivity contribution in [3.63, 3.8) is 0 Å². The number of hydrogen-bond acceptors (Lipinski definition) is 3. The fraction of sp³-hybridized carbons (Fsp3) is 0.500. The van der Waals surface area contributed by atoms with Crippen molar-refractivity contribution < 1.29 is 14.4 Å². The molecule has 0 N–H and O–H groups in total. The van der Waals surface area contributed by atoms with E-state index in [1.807, 2.05) is 32.9 Å². The molecule has 3 heterocycles. The fourth-order valence-corrected chi connectivity index (χ4v) is 6.79. The van der Waals surface area contributed by atoms with Crippen LogP contribution in [0.5, 0.6) is 0 Å². The third kappa shape index (κ3) is 7.53. The highest BCUT2D eigenvalue weighted by atomic mass is 16.2. The molecular formula is C42H57N3O3. The number of carbonyl (C=O) groups is 3. The SMILES string of the molecule is CC(C)c1ccc2c(c1)CN(C(C)C)C2=O.CC(C)c1cccc2c1C(=O)N(C(C)C)C2.CC(C)c1cccc2c1CN(C(C)C)C2=O. The first-order valence-corrected chi connectivity index (χ1v) is 17.8. The van der Waals surface area contributed by atoms with Gasteiger partial charge in [-0.3, -0.25) is 14.4 Å². The standard InChI is InChI=1S/3C14H19NO/c1-9(2)11-5-6-13-12(7-11)8-15(10(3)4)14(13)16;1-9(2)11-6-5-7-12-13(11)8-15(10(3)4)14(12)16;1-9(2)12-7-5-6-11-8-15(10(3)4)14(16)13(11)12/h3*5-7,9-10H,8H2,1-4H3. The first-order valence-electron chi connectivity index (χ1n) is 17.8. The zero-order valence-electron chi connectivity index (χ0n) is 31.3. The molecule has 258 valence electrons. The molecule has 0 fully saturated rings. The first-order chi connectivity index (χ1) is 22.5. The van der Waals surface area contributed by atoms with E-state index < -0.39 is 0 Å². The van der Waals surface area contributed by atoms with E-state index in [1.54, 1.807) is 0 Å². The molecule has 3 amide bonds. The second-order valence-corrected chi connectivity index (χ2v) is 15.2. The highest BCUT2D eigenvalue weighted by Gasteiger charge is 2.33. The van der Waals surface area contributed by atoms with Crippen molar-refractivity contribution in [3.8, 4) is 0 Å². The molecule has 48 heavy (non-hydrogen) atoms. The minimum absolute atomic E-state index is 0.181. The van der Waals surface area contributed by atoms with E-state index in [9.17, 15) is 14.4 Å². The summed E-state index contributed by atoms with van der Waals surface area (Å²) in [5, 5.41) is 0. The maximum absolute atomic E-state index is 12.3. The molecular weight excluding hydrogens is 594 g/mol. The second-order valence-electron chi connectivity index (χ2n) is 15.2. The highest BCUT2D eigenvalue weighted by molar-refractivity contribution is 6.00. The zero-order valence-corrected chi connectivity index (χ0v) is 31.3. The molecule has 0 unspecified atom stereocenters. The summed E-state index contributed by atoms with van der Waals surface area (Å²) in [6, 6.07) is 19.4. The molecule has 6 rings (SSSR count). The van der Waals surface area contributed by atoms with Gasteiger partial charge in [0.15, 0.2) is 0 Å². The van der Waals surface area contributed by atoms with E-state index >= 15 is 0 Å². The monoisotopic (exact) mass is 651 g/mol. The largest absolute Gasteiger partial charge is 0.332 e. The Labute approximate surface area is 289 Å². The van der Waals surface area contributed by atoms with Gasteiger partial charge < -0.3 is 14.7 Å². The Morgan fingerprint density at radius 3 is 1.54 bits per heavy atom. The van der Waals surface area contributed by atoms with Crippen LogP contribution in [0.3, 0.4) is 0 Å².